The molecule has 1 atom stereocenters. The maximum Gasteiger partial charge on any atom is 0.0335 e. The van der Waals surface area contributed by atoms with Gasteiger partial charge >= 0.3 is 0 Å². The van der Waals surface area contributed by atoms with E-state index in [-0.39, 0.29) is 0 Å². The molecule has 1 aromatic rings. The van der Waals surface area contributed by atoms with Crippen molar-refractivity contribution in [1.82, 2.24) is 9.88 Å². The topological polar surface area (TPSA) is 17.0 Å². The third kappa shape index (κ3) is 3.38. The number of nitrogens with one attached hydrogen (secondary N) is 1. The molecule has 18 heavy (non-hydrogen) atoms. The molecule has 0 aliphatic heterocycles. The fraction of sp³-hybridized carbons (Fsp3) is 0.750. The van der Waals surface area contributed by atoms with E-state index in [4.69, 9.17) is 0 Å². The van der Waals surface area contributed by atoms with Crippen LogP contribution in [-0.4, -0.2) is 11.6 Å². The van der Waals surface area contributed by atoms with Crippen LogP contribution in [0.15, 0.2) is 12.4 Å². The highest BCUT2D eigenvalue weighted by Gasteiger charge is 2.18. The Morgan fingerprint density at radius 2 is 2.11 bits per heavy atom. The fourth-order valence-corrected chi connectivity index (χ4v) is 3.07. The summed E-state index contributed by atoms with van der Waals surface area (Å²) in [5.74, 6) is 0. The Morgan fingerprint density at radius 1 is 1.22 bits per heavy atom. The first-order chi connectivity index (χ1) is 8.85. The van der Waals surface area contributed by atoms with Crippen LogP contribution in [-0.2, 0) is 13.0 Å². The third-order valence-electron chi connectivity index (χ3n) is 4.18. The van der Waals surface area contributed by atoms with E-state index in [1.165, 1.54) is 57.9 Å². The quantitative estimate of drug-likeness (QED) is 0.593. The highest BCUT2D eigenvalue weighted by Crippen LogP contribution is 2.29. The Balaban J connectivity index is 1.98. The van der Waals surface area contributed by atoms with Gasteiger partial charge in [0.15, 0.2) is 0 Å². The summed E-state index contributed by atoms with van der Waals surface area (Å²) in [6, 6.07) is 0.583. The summed E-state index contributed by atoms with van der Waals surface area (Å²) < 4.78 is 2.43. The largest absolute Gasteiger partial charge is 0.354 e. The molecule has 0 aromatic carbocycles. The van der Waals surface area contributed by atoms with Crippen LogP contribution in [0.4, 0.5) is 0 Å². The van der Waals surface area contributed by atoms with Gasteiger partial charge in [-0.15, -0.1) is 0 Å². The minimum atomic E-state index is 0.583. The summed E-state index contributed by atoms with van der Waals surface area (Å²) in [7, 11) is 2.10. The first-order valence-corrected chi connectivity index (χ1v) is 7.71. The molecule has 1 aliphatic rings. The molecule has 0 spiro atoms. The lowest BCUT2D eigenvalue weighted by molar-refractivity contribution is 0.527. The fourth-order valence-electron chi connectivity index (χ4n) is 3.07. The molecule has 1 heterocycles. The van der Waals surface area contributed by atoms with Crippen LogP contribution < -0.4 is 5.32 Å². The normalized spacial score (nSPS) is 19.6. The van der Waals surface area contributed by atoms with E-state index < -0.39 is 0 Å². The van der Waals surface area contributed by atoms with E-state index in [1.54, 1.807) is 11.1 Å². The van der Waals surface area contributed by atoms with Crippen molar-refractivity contribution in [2.24, 2.45) is 0 Å². The van der Waals surface area contributed by atoms with Crippen molar-refractivity contribution >= 4 is 0 Å². The Kier molecular flexibility index (Phi) is 5.30. The predicted molar refractivity (Wildman–Crippen MR) is 77.9 cm³/mol. The first kappa shape index (κ1) is 13.7. The molecule has 2 heteroatoms. The highest BCUT2D eigenvalue weighted by molar-refractivity contribution is 5.29. The van der Waals surface area contributed by atoms with E-state index in [0.717, 1.165) is 0 Å². The molecule has 0 bridgehead atoms. The molecule has 2 rings (SSSR count). The molecule has 0 amide bonds. The summed E-state index contributed by atoms with van der Waals surface area (Å²) in [5.41, 5.74) is 3.15. The van der Waals surface area contributed by atoms with E-state index in [2.05, 4.69) is 36.2 Å². The number of nitrogens with zero attached hydrogens (tertiary/aromatic N) is 1. The van der Waals surface area contributed by atoms with Gasteiger partial charge in [-0.25, -0.2) is 0 Å². The Labute approximate surface area is 112 Å². The minimum absolute atomic E-state index is 0.583. The van der Waals surface area contributed by atoms with E-state index in [1.807, 2.05) is 0 Å². The molecule has 102 valence electrons. The van der Waals surface area contributed by atoms with Crippen LogP contribution >= 0.6 is 0 Å². The van der Waals surface area contributed by atoms with Gasteiger partial charge in [0.1, 0.15) is 0 Å². The Morgan fingerprint density at radius 3 is 2.89 bits per heavy atom. The molecule has 2 nitrogen and oxygen atoms in total. The summed E-state index contributed by atoms with van der Waals surface area (Å²) in [4.78, 5) is 0. The summed E-state index contributed by atoms with van der Waals surface area (Å²) >= 11 is 0. The molecule has 0 saturated carbocycles. The van der Waals surface area contributed by atoms with Gasteiger partial charge in [-0.2, -0.15) is 0 Å². The molecule has 0 radical (unpaired) electrons. The lowest BCUT2D eigenvalue weighted by Crippen LogP contribution is -2.15. The number of aryl methyl sites for hydroxylation is 2. The van der Waals surface area contributed by atoms with E-state index >= 15 is 0 Å². The van der Waals surface area contributed by atoms with Gasteiger partial charge in [-0.1, -0.05) is 32.6 Å². The van der Waals surface area contributed by atoms with Crippen molar-refractivity contribution in [2.75, 3.05) is 7.05 Å². The van der Waals surface area contributed by atoms with Crippen LogP contribution in [0.2, 0.25) is 0 Å². The second kappa shape index (κ2) is 6.98. The van der Waals surface area contributed by atoms with Crippen molar-refractivity contribution in [2.45, 2.75) is 70.9 Å². The zero-order valence-electron chi connectivity index (χ0n) is 12.0. The van der Waals surface area contributed by atoms with Crippen molar-refractivity contribution in [3.05, 3.63) is 23.5 Å². The lowest BCUT2D eigenvalue weighted by Gasteiger charge is -2.13. The predicted octanol–water partition coefficient (Wildman–Crippen LogP) is 4.06. The van der Waals surface area contributed by atoms with Crippen LogP contribution in [0.1, 0.15) is 69.0 Å². The van der Waals surface area contributed by atoms with Gasteiger partial charge in [0, 0.05) is 25.0 Å². The van der Waals surface area contributed by atoms with Gasteiger partial charge < -0.3 is 9.88 Å². The SMILES string of the molecule is CCCCCCn1cc2c(c1)C(NC)CCCC2. The van der Waals surface area contributed by atoms with Gasteiger partial charge in [-0.3, -0.25) is 0 Å². The van der Waals surface area contributed by atoms with Crippen molar-refractivity contribution in [3.8, 4) is 0 Å². The van der Waals surface area contributed by atoms with Crippen molar-refractivity contribution in [1.29, 1.82) is 0 Å². The average Bonchev–Trinajstić information content (AvgIpc) is 2.69. The number of hydrogen-bond acceptors (Lipinski definition) is 1. The summed E-state index contributed by atoms with van der Waals surface area (Å²) in [6.07, 6.45) is 15.5. The van der Waals surface area contributed by atoms with Crippen molar-refractivity contribution in [3.63, 3.8) is 0 Å². The number of rotatable bonds is 6. The minimum Gasteiger partial charge on any atom is -0.354 e. The van der Waals surface area contributed by atoms with Crippen LogP contribution in [0.3, 0.4) is 0 Å². The van der Waals surface area contributed by atoms with Crippen LogP contribution in [0.5, 0.6) is 0 Å². The monoisotopic (exact) mass is 248 g/mol. The maximum absolute atomic E-state index is 3.48. The first-order valence-electron chi connectivity index (χ1n) is 7.71. The molecule has 0 saturated heterocycles. The number of aromatic nitrogens is 1. The van der Waals surface area contributed by atoms with Crippen LogP contribution in [0.25, 0.3) is 0 Å². The smallest absolute Gasteiger partial charge is 0.0335 e. The summed E-state index contributed by atoms with van der Waals surface area (Å²) in [6.45, 7) is 3.47. The standard InChI is InChI=1S/C16H28N2/c1-3-4-5-8-11-18-12-14-9-6-7-10-16(17-2)15(14)13-18/h12-13,16-17H,3-11H2,1-2H3. The second-order valence-electron chi connectivity index (χ2n) is 5.62. The molecule has 1 N–H and O–H groups in total. The van der Waals surface area contributed by atoms with Gasteiger partial charge in [0.2, 0.25) is 0 Å². The molecule has 1 aromatic heterocycles. The Bertz CT molecular complexity index is 354. The second-order valence-corrected chi connectivity index (χ2v) is 5.62. The van der Waals surface area contributed by atoms with Crippen LogP contribution in [0, 0.1) is 0 Å². The average molecular weight is 248 g/mol. The molecular weight excluding hydrogens is 220 g/mol. The highest BCUT2D eigenvalue weighted by atomic mass is 15.0. The zero-order chi connectivity index (χ0) is 12.8. The van der Waals surface area contributed by atoms with Gasteiger partial charge in [-0.05, 0) is 43.9 Å². The lowest BCUT2D eigenvalue weighted by atomic mass is 10.1. The number of fused-ring (bicyclic) bond motifs is 1. The summed E-state index contributed by atoms with van der Waals surface area (Å²) in [5, 5.41) is 3.48. The van der Waals surface area contributed by atoms with Crippen molar-refractivity contribution < 1.29 is 0 Å². The molecule has 1 unspecified atom stereocenters. The zero-order valence-corrected chi connectivity index (χ0v) is 12.0. The number of hydrogen-bond donors (Lipinski definition) is 1. The van der Waals surface area contributed by atoms with E-state index in [0.29, 0.717) is 6.04 Å². The van der Waals surface area contributed by atoms with Gasteiger partial charge in [0.05, 0.1) is 0 Å². The maximum atomic E-state index is 3.48. The molecule has 0 fully saturated rings. The Hall–Kier alpha value is -0.760. The van der Waals surface area contributed by atoms with E-state index in [9.17, 15) is 0 Å². The molecule has 1 aliphatic carbocycles. The van der Waals surface area contributed by atoms with Gasteiger partial charge in [0.25, 0.3) is 0 Å². The third-order valence-corrected chi connectivity index (χ3v) is 4.18. The number of unbranched alkanes of at least 4 members (excludes halogenated alkanes) is 3. The molecular formula is C16H28N2.